The first-order valence-corrected chi connectivity index (χ1v) is 7.29. The Kier molecular flexibility index (Phi) is 7.28. The van der Waals surface area contributed by atoms with Crippen LogP contribution in [0.5, 0.6) is 0 Å². The Morgan fingerprint density at radius 3 is 2.56 bits per heavy atom. The van der Waals surface area contributed by atoms with E-state index in [0.29, 0.717) is 18.3 Å². The molecule has 4 nitrogen and oxygen atoms in total. The van der Waals surface area contributed by atoms with Gasteiger partial charge in [-0.2, -0.15) is 0 Å². The Balaban J connectivity index is 2.01. The number of nitrogens with one attached hydrogen (secondary N) is 2. The van der Waals surface area contributed by atoms with Crippen LogP contribution in [0.4, 0.5) is 0 Å². The number of hydrogen-bond donors (Lipinski definition) is 2. The van der Waals surface area contributed by atoms with Crippen LogP contribution in [-0.4, -0.2) is 50.1 Å². The highest BCUT2D eigenvalue weighted by molar-refractivity contribution is 5.76. The van der Waals surface area contributed by atoms with Gasteiger partial charge in [0.2, 0.25) is 5.91 Å². The van der Waals surface area contributed by atoms with E-state index in [1.54, 1.807) is 0 Å². The highest BCUT2D eigenvalue weighted by atomic mass is 16.1. The summed E-state index contributed by atoms with van der Waals surface area (Å²) in [4.78, 5) is 14.1. The van der Waals surface area contributed by atoms with Crippen molar-refractivity contribution in [3.05, 3.63) is 0 Å². The van der Waals surface area contributed by atoms with E-state index in [2.05, 4.69) is 36.3 Å². The average molecular weight is 255 g/mol. The Hall–Kier alpha value is -0.610. The summed E-state index contributed by atoms with van der Waals surface area (Å²) in [6, 6.07) is 0. The number of rotatable bonds is 7. The van der Waals surface area contributed by atoms with E-state index < -0.39 is 0 Å². The van der Waals surface area contributed by atoms with Gasteiger partial charge in [0.1, 0.15) is 0 Å². The van der Waals surface area contributed by atoms with Crippen molar-refractivity contribution in [3.8, 4) is 0 Å². The van der Waals surface area contributed by atoms with Crippen LogP contribution in [0.25, 0.3) is 0 Å². The summed E-state index contributed by atoms with van der Waals surface area (Å²) in [6.45, 7) is 12.9. The summed E-state index contributed by atoms with van der Waals surface area (Å²) in [5.41, 5.74) is 0. The first-order chi connectivity index (χ1) is 8.59. The zero-order valence-corrected chi connectivity index (χ0v) is 12.2. The molecule has 1 unspecified atom stereocenters. The van der Waals surface area contributed by atoms with Gasteiger partial charge < -0.3 is 15.5 Å². The molecule has 106 valence electrons. The van der Waals surface area contributed by atoms with Gasteiger partial charge in [-0.3, -0.25) is 4.79 Å². The number of carbonyl (C=O) groups is 1. The quantitative estimate of drug-likeness (QED) is 0.669. The van der Waals surface area contributed by atoms with Crippen LogP contribution in [0.15, 0.2) is 0 Å². The Labute approximate surface area is 111 Å². The molecule has 0 radical (unpaired) electrons. The molecule has 0 spiro atoms. The van der Waals surface area contributed by atoms with Gasteiger partial charge in [0.05, 0.1) is 0 Å². The molecule has 18 heavy (non-hydrogen) atoms. The molecule has 1 rings (SSSR count). The molecule has 0 aromatic rings. The number of hydrogen-bond acceptors (Lipinski definition) is 3. The second-order valence-electron chi connectivity index (χ2n) is 5.72. The van der Waals surface area contributed by atoms with E-state index in [4.69, 9.17) is 0 Å². The number of piperazine rings is 1. The van der Waals surface area contributed by atoms with Crippen LogP contribution in [0.3, 0.4) is 0 Å². The standard InChI is InChI=1S/C14H29N3O/c1-12(2)13(3)11-14(18)16-5-4-8-17-9-6-15-7-10-17/h12-13,15H,4-11H2,1-3H3,(H,16,18). The van der Waals surface area contributed by atoms with Crippen molar-refractivity contribution >= 4 is 5.91 Å². The molecule has 1 atom stereocenters. The van der Waals surface area contributed by atoms with Crippen molar-refractivity contribution in [2.24, 2.45) is 11.8 Å². The minimum absolute atomic E-state index is 0.205. The lowest BCUT2D eigenvalue weighted by molar-refractivity contribution is -0.122. The molecule has 4 heteroatoms. The van der Waals surface area contributed by atoms with Gasteiger partial charge in [-0.05, 0) is 24.8 Å². The van der Waals surface area contributed by atoms with Gasteiger partial charge >= 0.3 is 0 Å². The fraction of sp³-hybridized carbons (Fsp3) is 0.929. The molecular weight excluding hydrogens is 226 g/mol. The lowest BCUT2D eigenvalue weighted by atomic mass is 9.94. The van der Waals surface area contributed by atoms with Crippen LogP contribution in [0.1, 0.15) is 33.6 Å². The van der Waals surface area contributed by atoms with Gasteiger partial charge in [0, 0.05) is 39.1 Å². The predicted octanol–water partition coefficient (Wildman–Crippen LogP) is 1.08. The van der Waals surface area contributed by atoms with Crippen molar-refractivity contribution in [1.29, 1.82) is 0 Å². The molecule has 1 amide bonds. The summed E-state index contributed by atoms with van der Waals surface area (Å²) in [6.07, 6.45) is 1.72. The van der Waals surface area contributed by atoms with Gasteiger partial charge in [-0.15, -0.1) is 0 Å². The summed E-state index contributed by atoms with van der Waals surface area (Å²) >= 11 is 0. The van der Waals surface area contributed by atoms with Crippen LogP contribution < -0.4 is 10.6 Å². The van der Waals surface area contributed by atoms with E-state index in [1.165, 1.54) is 0 Å². The molecule has 0 aliphatic carbocycles. The average Bonchev–Trinajstić information content (AvgIpc) is 2.35. The third kappa shape index (κ3) is 6.36. The monoisotopic (exact) mass is 255 g/mol. The fourth-order valence-corrected chi connectivity index (χ4v) is 2.07. The summed E-state index contributed by atoms with van der Waals surface area (Å²) in [7, 11) is 0. The molecular formula is C14H29N3O. The Bertz CT molecular complexity index is 237. The normalized spacial score (nSPS) is 18.9. The lowest BCUT2D eigenvalue weighted by Gasteiger charge is -2.27. The summed E-state index contributed by atoms with van der Waals surface area (Å²) < 4.78 is 0. The zero-order chi connectivity index (χ0) is 13.4. The zero-order valence-electron chi connectivity index (χ0n) is 12.2. The number of carbonyl (C=O) groups excluding carboxylic acids is 1. The lowest BCUT2D eigenvalue weighted by Crippen LogP contribution is -2.44. The van der Waals surface area contributed by atoms with E-state index in [0.717, 1.165) is 45.7 Å². The molecule has 1 saturated heterocycles. The molecule has 1 aliphatic heterocycles. The van der Waals surface area contributed by atoms with Gasteiger partial charge in [-0.1, -0.05) is 20.8 Å². The van der Waals surface area contributed by atoms with Crippen LogP contribution in [0.2, 0.25) is 0 Å². The first kappa shape index (κ1) is 15.4. The second-order valence-corrected chi connectivity index (χ2v) is 5.72. The molecule has 2 N–H and O–H groups in total. The first-order valence-electron chi connectivity index (χ1n) is 7.29. The number of amides is 1. The van der Waals surface area contributed by atoms with E-state index in [-0.39, 0.29) is 5.91 Å². The van der Waals surface area contributed by atoms with Crippen molar-refractivity contribution in [2.45, 2.75) is 33.6 Å². The minimum Gasteiger partial charge on any atom is -0.356 e. The van der Waals surface area contributed by atoms with Gasteiger partial charge in [-0.25, -0.2) is 0 Å². The van der Waals surface area contributed by atoms with E-state index >= 15 is 0 Å². The molecule has 0 saturated carbocycles. The van der Waals surface area contributed by atoms with Gasteiger partial charge in [0.15, 0.2) is 0 Å². The molecule has 1 fully saturated rings. The van der Waals surface area contributed by atoms with Crippen molar-refractivity contribution < 1.29 is 4.79 Å². The largest absolute Gasteiger partial charge is 0.356 e. The predicted molar refractivity (Wildman–Crippen MR) is 75.6 cm³/mol. The molecule has 1 aliphatic rings. The highest BCUT2D eigenvalue weighted by Crippen LogP contribution is 2.13. The maximum atomic E-state index is 11.7. The summed E-state index contributed by atoms with van der Waals surface area (Å²) in [5, 5.41) is 6.37. The van der Waals surface area contributed by atoms with Crippen molar-refractivity contribution in [1.82, 2.24) is 15.5 Å². The van der Waals surface area contributed by atoms with E-state index in [1.807, 2.05) is 0 Å². The van der Waals surface area contributed by atoms with Gasteiger partial charge in [0.25, 0.3) is 0 Å². The minimum atomic E-state index is 0.205. The SMILES string of the molecule is CC(C)C(C)CC(=O)NCCCN1CCNCC1. The molecule has 0 aromatic heterocycles. The fourth-order valence-electron chi connectivity index (χ4n) is 2.07. The summed E-state index contributed by atoms with van der Waals surface area (Å²) in [5.74, 6) is 1.26. The highest BCUT2D eigenvalue weighted by Gasteiger charge is 2.12. The van der Waals surface area contributed by atoms with Crippen molar-refractivity contribution in [2.75, 3.05) is 39.3 Å². The Morgan fingerprint density at radius 2 is 1.94 bits per heavy atom. The third-order valence-corrected chi connectivity index (χ3v) is 3.83. The third-order valence-electron chi connectivity index (χ3n) is 3.83. The Morgan fingerprint density at radius 1 is 1.28 bits per heavy atom. The molecule has 0 aromatic carbocycles. The topological polar surface area (TPSA) is 44.4 Å². The van der Waals surface area contributed by atoms with Crippen LogP contribution in [0, 0.1) is 11.8 Å². The molecule has 1 heterocycles. The number of nitrogens with zero attached hydrogens (tertiary/aromatic N) is 1. The van der Waals surface area contributed by atoms with Crippen LogP contribution >= 0.6 is 0 Å². The van der Waals surface area contributed by atoms with Crippen LogP contribution in [-0.2, 0) is 4.79 Å². The molecule has 0 bridgehead atoms. The second kappa shape index (κ2) is 8.48. The smallest absolute Gasteiger partial charge is 0.220 e. The van der Waals surface area contributed by atoms with E-state index in [9.17, 15) is 4.79 Å². The maximum absolute atomic E-state index is 11.7. The maximum Gasteiger partial charge on any atom is 0.220 e. The van der Waals surface area contributed by atoms with Crippen molar-refractivity contribution in [3.63, 3.8) is 0 Å².